The number of rotatable bonds is 1. The van der Waals surface area contributed by atoms with E-state index in [0.717, 1.165) is 0 Å². The molecule has 1 amide bonds. The summed E-state index contributed by atoms with van der Waals surface area (Å²) in [5, 5.41) is 0. The molecule has 1 aliphatic rings. The van der Waals surface area contributed by atoms with Crippen molar-refractivity contribution < 1.29 is 18.0 Å². The summed E-state index contributed by atoms with van der Waals surface area (Å²) in [6, 6.07) is 4.16. The molecule has 6 nitrogen and oxygen atoms in total. The Hall–Kier alpha value is -1.73. The fourth-order valence-corrected chi connectivity index (χ4v) is 2.90. The minimum absolute atomic E-state index is 0.00921. The van der Waals surface area contributed by atoms with Crippen LogP contribution in [-0.4, -0.2) is 26.2 Å². The lowest BCUT2D eigenvalue weighted by molar-refractivity contribution is -0.118. The average molecular weight is 240 g/mol. The maximum Gasteiger partial charge on any atom is 0.243 e. The summed E-state index contributed by atoms with van der Waals surface area (Å²) in [5.41, 5.74) is 4.94. The van der Waals surface area contributed by atoms with Crippen LogP contribution in [0.4, 0.5) is 0 Å². The zero-order valence-corrected chi connectivity index (χ0v) is 8.82. The van der Waals surface area contributed by atoms with Crippen LogP contribution >= 0.6 is 0 Å². The lowest BCUT2D eigenvalue weighted by atomic mass is 10.0. The van der Waals surface area contributed by atoms with Crippen LogP contribution in [0.25, 0.3) is 0 Å². The predicted molar refractivity (Wildman–Crippen MR) is 54.1 cm³/mol. The largest absolute Gasteiger partial charge is 0.368 e. The van der Waals surface area contributed by atoms with Gasteiger partial charge in [0.05, 0.1) is 4.90 Å². The maximum atomic E-state index is 11.7. The van der Waals surface area contributed by atoms with E-state index in [0.29, 0.717) is 0 Å². The van der Waals surface area contributed by atoms with E-state index < -0.39 is 27.8 Å². The molecular formula is C9H8N2O4S. The van der Waals surface area contributed by atoms with Crippen molar-refractivity contribution in [3.8, 4) is 0 Å². The monoisotopic (exact) mass is 240 g/mol. The first-order valence-electron chi connectivity index (χ1n) is 4.38. The van der Waals surface area contributed by atoms with Crippen LogP contribution in [0.1, 0.15) is 10.4 Å². The molecule has 16 heavy (non-hydrogen) atoms. The van der Waals surface area contributed by atoms with Gasteiger partial charge in [0, 0.05) is 5.56 Å². The third-order valence-corrected chi connectivity index (χ3v) is 3.74. The second-order valence-corrected chi connectivity index (χ2v) is 5.00. The first-order valence-corrected chi connectivity index (χ1v) is 5.87. The van der Waals surface area contributed by atoms with Gasteiger partial charge in [-0.25, -0.2) is 8.42 Å². The Labute approximate surface area is 91.5 Å². The van der Waals surface area contributed by atoms with Crippen LogP contribution in [-0.2, 0) is 14.8 Å². The first kappa shape index (κ1) is 10.8. The highest BCUT2D eigenvalue weighted by Crippen LogP contribution is 2.22. The van der Waals surface area contributed by atoms with Crippen LogP contribution in [0.2, 0.25) is 0 Å². The zero-order chi connectivity index (χ0) is 11.9. The van der Waals surface area contributed by atoms with E-state index in [9.17, 15) is 18.0 Å². The molecule has 84 valence electrons. The Kier molecular flexibility index (Phi) is 2.28. The van der Waals surface area contributed by atoms with E-state index in [1.165, 1.54) is 24.3 Å². The Bertz CT molecular complexity index is 579. The topological polar surface area (TPSA) is 106 Å². The van der Waals surface area contributed by atoms with E-state index in [1.54, 1.807) is 0 Å². The predicted octanol–water partition coefficient (Wildman–Crippen LogP) is -0.985. The van der Waals surface area contributed by atoms with Gasteiger partial charge in [-0.2, -0.15) is 4.72 Å². The van der Waals surface area contributed by atoms with Gasteiger partial charge >= 0.3 is 0 Å². The molecule has 0 spiro atoms. The number of ketones is 1. The minimum Gasteiger partial charge on any atom is -0.368 e. The molecule has 1 aliphatic heterocycles. The van der Waals surface area contributed by atoms with Gasteiger partial charge in [0.25, 0.3) is 0 Å². The van der Waals surface area contributed by atoms with Gasteiger partial charge in [0.1, 0.15) is 0 Å². The smallest absolute Gasteiger partial charge is 0.243 e. The van der Waals surface area contributed by atoms with Crippen LogP contribution in [0.5, 0.6) is 0 Å². The number of fused-ring (bicyclic) bond motifs is 1. The van der Waals surface area contributed by atoms with Crippen molar-refractivity contribution in [2.24, 2.45) is 5.73 Å². The highest BCUT2D eigenvalue weighted by atomic mass is 32.2. The summed E-state index contributed by atoms with van der Waals surface area (Å²) in [6.07, 6.45) is 0. The van der Waals surface area contributed by atoms with Gasteiger partial charge in [0.2, 0.25) is 15.9 Å². The van der Waals surface area contributed by atoms with Crippen molar-refractivity contribution in [2.45, 2.75) is 10.9 Å². The Balaban J connectivity index is 2.67. The van der Waals surface area contributed by atoms with Crippen molar-refractivity contribution in [3.63, 3.8) is 0 Å². The Morgan fingerprint density at radius 2 is 1.94 bits per heavy atom. The first-order chi connectivity index (χ1) is 7.43. The number of nitrogens with one attached hydrogen (secondary N) is 1. The Morgan fingerprint density at radius 1 is 1.31 bits per heavy atom. The van der Waals surface area contributed by atoms with E-state index in [4.69, 9.17) is 5.73 Å². The van der Waals surface area contributed by atoms with Crippen molar-refractivity contribution in [3.05, 3.63) is 29.8 Å². The van der Waals surface area contributed by atoms with Gasteiger partial charge in [-0.05, 0) is 12.1 Å². The summed E-state index contributed by atoms with van der Waals surface area (Å²) in [7, 11) is -3.84. The van der Waals surface area contributed by atoms with Gasteiger partial charge in [-0.1, -0.05) is 12.1 Å². The minimum atomic E-state index is -3.84. The van der Waals surface area contributed by atoms with Crippen LogP contribution in [0.3, 0.4) is 0 Å². The molecule has 1 atom stereocenters. The molecule has 1 aromatic rings. The highest BCUT2D eigenvalue weighted by Gasteiger charge is 2.38. The molecule has 3 N–H and O–H groups in total. The van der Waals surface area contributed by atoms with E-state index in [1.807, 2.05) is 4.72 Å². The molecule has 0 saturated carbocycles. The van der Waals surface area contributed by atoms with Crippen molar-refractivity contribution >= 4 is 21.7 Å². The third-order valence-electron chi connectivity index (χ3n) is 2.26. The van der Waals surface area contributed by atoms with E-state index in [2.05, 4.69) is 0 Å². The number of hydrogen-bond acceptors (Lipinski definition) is 4. The molecule has 0 fully saturated rings. The normalized spacial score (nSPS) is 22.5. The number of amides is 1. The summed E-state index contributed by atoms with van der Waals surface area (Å²) >= 11 is 0. The van der Waals surface area contributed by atoms with Crippen molar-refractivity contribution in [1.82, 2.24) is 4.72 Å². The number of Topliss-reactive ketones (excluding diaryl/α,β-unsaturated/α-hetero) is 1. The number of hydrogen-bond donors (Lipinski definition) is 2. The fraction of sp³-hybridized carbons (Fsp3) is 0.111. The van der Waals surface area contributed by atoms with Gasteiger partial charge in [0.15, 0.2) is 11.8 Å². The lowest BCUT2D eigenvalue weighted by Gasteiger charge is -2.21. The van der Waals surface area contributed by atoms with Gasteiger partial charge < -0.3 is 5.73 Å². The zero-order valence-electron chi connectivity index (χ0n) is 8.01. The number of nitrogens with two attached hydrogens (primary N) is 1. The number of sulfonamides is 1. The molecule has 2 rings (SSSR count). The number of carbonyl (C=O) groups is 2. The fourth-order valence-electron chi connectivity index (χ4n) is 1.52. The molecule has 0 saturated heterocycles. The van der Waals surface area contributed by atoms with Gasteiger partial charge in [-0.15, -0.1) is 0 Å². The van der Waals surface area contributed by atoms with Crippen molar-refractivity contribution in [1.29, 1.82) is 0 Å². The second kappa shape index (κ2) is 3.39. The molecule has 0 aliphatic carbocycles. The standard InChI is InChI=1S/C9H8N2O4S/c10-9(13)7-8(12)5-3-1-2-4-6(5)16(14,15)11-7/h1-4,7,11H,(H2,10,13). The molecule has 0 bridgehead atoms. The SMILES string of the molecule is NC(=O)C1NS(=O)(=O)c2ccccc2C1=O. The molecule has 0 radical (unpaired) electrons. The summed E-state index contributed by atoms with van der Waals surface area (Å²) in [4.78, 5) is 22.5. The quantitative estimate of drug-likeness (QED) is 0.615. The summed E-state index contributed by atoms with van der Waals surface area (Å²) in [6.45, 7) is 0. The Morgan fingerprint density at radius 3 is 2.56 bits per heavy atom. The maximum absolute atomic E-state index is 11.7. The second-order valence-electron chi connectivity index (χ2n) is 3.32. The van der Waals surface area contributed by atoms with E-state index in [-0.39, 0.29) is 10.5 Å². The highest BCUT2D eigenvalue weighted by molar-refractivity contribution is 7.89. The van der Waals surface area contributed by atoms with Crippen LogP contribution in [0.15, 0.2) is 29.2 Å². The lowest BCUT2D eigenvalue weighted by Crippen LogP contribution is -2.52. The number of primary amides is 1. The third kappa shape index (κ3) is 1.50. The van der Waals surface area contributed by atoms with E-state index >= 15 is 0 Å². The summed E-state index contributed by atoms with van der Waals surface area (Å²) < 4.78 is 25.3. The van der Waals surface area contributed by atoms with Crippen molar-refractivity contribution in [2.75, 3.05) is 0 Å². The molecule has 7 heteroatoms. The molecule has 0 aromatic heterocycles. The molecule has 1 aromatic carbocycles. The van der Waals surface area contributed by atoms with Gasteiger partial charge in [-0.3, -0.25) is 9.59 Å². The summed E-state index contributed by atoms with van der Waals surface area (Å²) in [5.74, 6) is -1.64. The molecule has 1 unspecified atom stereocenters. The number of carbonyl (C=O) groups excluding carboxylic acids is 2. The van der Waals surface area contributed by atoms with Crippen LogP contribution in [0, 0.1) is 0 Å². The molecule has 1 heterocycles. The number of benzene rings is 1. The van der Waals surface area contributed by atoms with Crippen LogP contribution < -0.4 is 10.5 Å². The molecular weight excluding hydrogens is 232 g/mol. The average Bonchev–Trinajstić information content (AvgIpc) is 2.23.